The standard InChI is InChI=1S/C20H23N.C16H13ClN2O/c1-21(2)15-7-12-20-18-10-5-3-8-16(18)13-14-17-9-4-6-11-19(17)20;1-19-14-8-7-12(17)9-13(14)16(18-10-15(19)20)11-5-3-2-4-6-11/h3-6,8-12H,7,13-15H2,1-2H3;2-9H,10H2,1H3. The molecule has 4 aromatic rings. The van der Waals surface area contributed by atoms with E-state index in [4.69, 9.17) is 11.6 Å². The number of aliphatic imine (C=N–C) groups is 1. The average Bonchev–Trinajstić information content (AvgIpc) is 3.22. The summed E-state index contributed by atoms with van der Waals surface area (Å²) in [5.74, 6) is -0.0282. The third-order valence-corrected chi connectivity index (χ3v) is 7.81. The van der Waals surface area contributed by atoms with Crippen molar-refractivity contribution in [2.24, 2.45) is 4.99 Å². The topological polar surface area (TPSA) is 35.9 Å². The zero-order valence-corrected chi connectivity index (χ0v) is 24.7. The van der Waals surface area contributed by atoms with Gasteiger partial charge in [-0.15, -0.1) is 0 Å². The highest BCUT2D eigenvalue weighted by molar-refractivity contribution is 6.32. The third-order valence-electron chi connectivity index (χ3n) is 7.57. The molecule has 0 spiro atoms. The van der Waals surface area contributed by atoms with E-state index in [2.05, 4.69) is 78.6 Å². The van der Waals surface area contributed by atoms with E-state index in [1.54, 1.807) is 18.0 Å². The molecule has 0 atom stereocenters. The summed E-state index contributed by atoms with van der Waals surface area (Å²) in [6.45, 7) is 1.24. The van der Waals surface area contributed by atoms with Gasteiger partial charge < -0.3 is 9.80 Å². The Labute approximate surface area is 248 Å². The smallest absolute Gasteiger partial charge is 0.248 e. The van der Waals surface area contributed by atoms with E-state index in [0.29, 0.717) is 5.02 Å². The molecular weight excluding hydrogens is 526 g/mol. The first kappa shape index (κ1) is 28.5. The molecule has 2 aliphatic rings. The Bertz CT molecular complexity index is 1540. The van der Waals surface area contributed by atoms with Crippen LogP contribution in [0.1, 0.15) is 39.8 Å². The largest absolute Gasteiger partial charge is 0.313 e. The highest BCUT2D eigenvalue weighted by atomic mass is 35.5. The first-order chi connectivity index (χ1) is 19.9. The molecule has 0 radical (unpaired) electrons. The number of carbonyl (C=O) groups is 1. The van der Waals surface area contributed by atoms with Gasteiger partial charge in [0.2, 0.25) is 5.91 Å². The van der Waals surface area contributed by atoms with Crippen molar-refractivity contribution >= 4 is 34.5 Å². The normalized spacial score (nSPS) is 14.1. The van der Waals surface area contributed by atoms with Gasteiger partial charge in [0, 0.05) is 29.7 Å². The lowest BCUT2D eigenvalue weighted by Gasteiger charge is -2.18. The molecule has 4 nitrogen and oxygen atoms in total. The van der Waals surface area contributed by atoms with E-state index >= 15 is 0 Å². The van der Waals surface area contributed by atoms with E-state index in [1.807, 2.05) is 42.5 Å². The van der Waals surface area contributed by atoms with Crippen molar-refractivity contribution in [2.75, 3.05) is 39.1 Å². The number of amides is 1. The van der Waals surface area contributed by atoms with Crippen LogP contribution in [0.5, 0.6) is 0 Å². The lowest BCUT2D eigenvalue weighted by atomic mass is 9.93. The van der Waals surface area contributed by atoms with E-state index in [1.165, 1.54) is 27.8 Å². The Hall–Kier alpha value is -3.99. The number of nitrogens with zero attached hydrogens (tertiary/aromatic N) is 3. The second-order valence-corrected chi connectivity index (χ2v) is 11.1. The van der Waals surface area contributed by atoms with Crippen LogP contribution in [0, 0.1) is 0 Å². The Kier molecular flexibility index (Phi) is 9.13. The number of likely N-dealkylation sites (N-methyl/N-ethyl adjacent to an activating group) is 1. The first-order valence-corrected chi connectivity index (χ1v) is 14.5. The van der Waals surface area contributed by atoms with Gasteiger partial charge in [-0.2, -0.15) is 0 Å². The van der Waals surface area contributed by atoms with Crippen LogP contribution in [0.15, 0.2) is 108 Å². The molecule has 1 amide bonds. The summed E-state index contributed by atoms with van der Waals surface area (Å²) >= 11 is 6.11. The molecule has 41 heavy (non-hydrogen) atoms. The molecule has 5 heteroatoms. The van der Waals surface area contributed by atoms with Crippen molar-refractivity contribution in [1.82, 2.24) is 4.90 Å². The maximum atomic E-state index is 12.0. The number of hydrogen-bond acceptors (Lipinski definition) is 3. The van der Waals surface area contributed by atoms with Crippen LogP contribution in [-0.4, -0.2) is 50.8 Å². The fraction of sp³-hybridized carbons (Fsp3) is 0.222. The van der Waals surface area contributed by atoms with E-state index in [9.17, 15) is 4.79 Å². The second-order valence-electron chi connectivity index (χ2n) is 10.7. The van der Waals surface area contributed by atoms with Gasteiger partial charge in [-0.3, -0.25) is 9.79 Å². The molecule has 1 heterocycles. The molecule has 1 aliphatic heterocycles. The van der Waals surface area contributed by atoms with Crippen molar-refractivity contribution in [2.45, 2.75) is 19.3 Å². The molecule has 0 unspecified atom stereocenters. The number of rotatable bonds is 4. The Morgan fingerprint density at radius 3 is 2.07 bits per heavy atom. The number of halogens is 1. The highest BCUT2D eigenvalue weighted by Crippen LogP contribution is 2.33. The van der Waals surface area contributed by atoms with E-state index < -0.39 is 0 Å². The SMILES string of the molecule is CN(C)CCC=C1c2ccccc2CCc2ccccc21.CN1C(=O)CN=C(c2ccccc2)c2cc(Cl)ccc21. The van der Waals surface area contributed by atoms with Crippen molar-refractivity contribution < 1.29 is 4.79 Å². The fourth-order valence-corrected chi connectivity index (χ4v) is 5.58. The molecule has 1 aliphatic carbocycles. The number of aryl methyl sites for hydroxylation is 2. The van der Waals surface area contributed by atoms with Crippen molar-refractivity contribution in [1.29, 1.82) is 0 Å². The lowest BCUT2D eigenvalue weighted by Crippen LogP contribution is -2.27. The lowest BCUT2D eigenvalue weighted by molar-refractivity contribution is -0.116. The summed E-state index contributed by atoms with van der Waals surface area (Å²) in [5.41, 5.74) is 10.7. The van der Waals surface area contributed by atoms with Crippen molar-refractivity contribution in [3.05, 3.63) is 142 Å². The third kappa shape index (κ3) is 6.67. The molecule has 0 saturated heterocycles. The molecule has 0 N–H and O–H groups in total. The van der Waals surface area contributed by atoms with Crippen molar-refractivity contribution in [3.8, 4) is 0 Å². The molecule has 0 fully saturated rings. The van der Waals surface area contributed by atoms with Gasteiger partial charge in [-0.25, -0.2) is 0 Å². The quantitative estimate of drug-likeness (QED) is 0.262. The summed E-state index contributed by atoms with van der Waals surface area (Å²) < 4.78 is 0. The minimum atomic E-state index is -0.0282. The highest BCUT2D eigenvalue weighted by Gasteiger charge is 2.22. The van der Waals surface area contributed by atoms with Gasteiger partial charge in [-0.1, -0.05) is 96.5 Å². The summed E-state index contributed by atoms with van der Waals surface area (Å²) in [6.07, 6.45) is 5.78. The summed E-state index contributed by atoms with van der Waals surface area (Å²) in [7, 11) is 6.03. The summed E-state index contributed by atoms with van der Waals surface area (Å²) in [5, 5.41) is 0.634. The maximum Gasteiger partial charge on any atom is 0.248 e. The molecular formula is C36H36ClN3O. The molecule has 208 valence electrons. The number of benzodiazepines with no additional fused rings is 1. The van der Waals surface area contributed by atoms with Gasteiger partial charge in [0.05, 0.1) is 11.4 Å². The summed E-state index contributed by atoms with van der Waals surface area (Å²) in [4.78, 5) is 20.4. The number of hydrogen-bond donors (Lipinski definition) is 0. The van der Waals surface area contributed by atoms with Gasteiger partial charge in [0.1, 0.15) is 6.54 Å². The van der Waals surface area contributed by atoms with Crippen LogP contribution in [-0.2, 0) is 17.6 Å². The van der Waals surface area contributed by atoms with Crippen LogP contribution in [0.25, 0.3) is 5.57 Å². The molecule has 0 bridgehead atoms. The molecule has 6 rings (SSSR count). The Morgan fingerprint density at radius 1 is 0.829 bits per heavy atom. The Morgan fingerprint density at radius 2 is 1.44 bits per heavy atom. The van der Waals surface area contributed by atoms with Gasteiger partial charge in [0.25, 0.3) is 0 Å². The molecule has 0 saturated carbocycles. The van der Waals surface area contributed by atoms with Gasteiger partial charge in [0.15, 0.2) is 0 Å². The average molecular weight is 562 g/mol. The Balaban J connectivity index is 0.000000165. The minimum Gasteiger partial charge on any atom is -0.313 e. The molecule has 0 aromatic heterocycles. The predicted octanol–water partition coefficient (Wildman–Crippen LogP) is 7.32. The van der Waals surface area contributed by atoms with Crippen LogP contribution in [0.4, 0.5) is 5.69 Å². The second kappa shape index (κ2) is 13.1. The number of benzene rings is 4. The monoisotopic (exact) mass is 561 g/mol. The van der Waals surface area contributed by atoms with Crippen LogP contribution < -0.4 is 4.90 Å². The van der Waals surface area contributed by atoms with E-state index in [0.717, 1.165) is 48.3 Å². The minimum absolute atomic E-state index is 0.0282. The van der Waals surface area contributed by atoms with Crippen LogP contribution in [0.3, 0.4) is 0 Å². The van der Waals surface area contributed by atoms with E-state index in [-0.39, 0.29) is 12.5 Å². The summed E-state index contributed by atoms with van der Waals surface area (Å²) in [6, 6.07) is 33.1. The number of anilines is 1. The van der Waals surface area contributed by atoms with Crippen LogP contribution >= 0.6 is 11.6 Å². The van der Waals surface area contributed by atoms with Gasteiger partial charge in [-0.05, 0) is 79.4 Å². The maximum absolute atomic E-state index is 12.0. The number of fused-ring (bicyclic) bond motifs is 3. The number of carbonyl (C=O) groups excluding carboxylic acids is 1. The zero-order chi connectivity index (χ0) is 28.8. The fourth-order valence-electron chi connectivity index (χ4n) is 5.41. The molecule has 4 aromatic carbocycles. The first-order valence-electron chi connectivity index (χ1n) is 14.1. The zero-order valence-electron chi connectivity index (χ0n) is 24.0. The van der Waals surface area contributed by atoms with Gasteiger partial charge >= 0.3 is 0 Å². The predicted molar refractivity (Wildman–Crippen MR) is 172 cm³/mol. The van der Waals surface area contributed by atoms with Crippen molar-refractivity contribution in [3.63, 3.8) is 0 Å². The van der Waals surface area contributed by atoms with Crippen LogP contribution in [0.2, 0.25) is 5.02 Å².